The summed E-state index contributed by atoms with van der Waals surface area (Å²) in [6.07, 6.45) is -0.573. The number of rotatable bonds is 3. The van der Waals surface area contributed by atoms with E-state index in [1.807, 2.05) is 0 Å². The average Bonchev–Trinajstić information content (AvgIpc) is 2.47. The van der Waals surface area contributed by atoms with E-state index < -0.39 is 6.10 Å². The van der Waals surface area contributed by atoms with Crippen molar-refractivity contribution < 1.29 is 14.3 Å². The fraction of sp³-hybridized carbons (Fsp3) is 0.375. The van der Waals surface area contributed by atoms with Crippen LogP contribution in [0.3, 0.4) is 0 Å². The van der Waals surface area contributed by atoms with Crippen LogP contribution in [-0.4, -0.2) is 23.7 Å². The number of nitrogens with two attached hydrogens (primary N) is 1. The molecule has 1 atom stereocenters. The summed E-state index contributed by atoms with van der Waals surface area (Å²) in [6, 6.07) is 2.98. The molecule has 4 N–H and O–H groups in total. The van der Waals surface area contributed by atoms with Crippen molar-refractivity contribution >= 4 is 11.8 Å². The van der Waals surface area contributed by atoms with Gasteiger partial charge >= 0.3 is 0 Å². The van der Waals surface area contributed by atoms with E-state index in [1.165, 1.54) is 12.1 Å². The molecule has 0 aromatic carbocycles. The van der Waals surface area contributed by atoms with Crippen molar-refractivity contribution in [3.8, 4) is 0 Å². The predicted octanol–water partition coefficient (Wildman–Crippen LogP) is -0.0276. The molecule has 1 aromatic rings. The number of hydrogen-bond donors (Lipinski definition) is 3. The van der Waals surface area contributed by atoms with Gasteiger partial charge in [-0.1, -0.05) is 0 Å². The smallest absolute Gasteiger partial charge is 0.287 e. The summed E-state index contributed by atoms with van der Waals surface area (Å²) in [5.74, 6) is -0.0297. The molecule has 1 amide bonds. The van der Waals surface area contributed by atoms with Gasteiger partial charge in [0.15, 0.2) is 11.6 Å². The van der Waals surface area contributed by atoms with Crippen molar-refractivity contribution in [2.24, 2.45) is 0 Å². The monoisotopic (exact) mass is 184 g/mol. The Hall–Kier alpha value is -1.49. The number of nitrogens with one attached hydrogen (secondary N) is 1. The first-order valence-corrected chi connectivity index (χ1v) is 3.91. The number of carbonyl (C=O) groups is 1. The van der Waals surface area contributed by atoms with Gasteiger partial charge in [0.25, 0.3) is 5.91 Å². The molecule has 0 aliphatic carbocycles. The van der Waals surface area contributed by atoms with E-state index in [0.29, 0.717) is 0 Å². The number of furan rings is 1. The molecular formula is C8H12N2O3. The van der Waals surface area contributed by atoms with Crippen LogP contribution < -0.4 is 11.1 Å². The number of amides is 1. The van der Waals surface area contributed by atoms with Gasteiger partial charge in [0, 0.05) is 12.6 Å². The fourth-order valence-corrected chi connectivity index (χ4v) is 0.802. The van der Waals surface area contributed by atoms with Crippen molar-refractivity contribution in [1.82, 2.24) is 5.32 Å². The summed E-state index contributed by atoms with van der Waals surface area (Å²) >= 11 is 0. The van der Waals surface area contributed by atoms with E-state index >= 15 is 0 Å². The molecule has 1 aromatic heterocycles. The summed E-state index contributed by atoms with van der Waals surface area (Å²) in [5.41, 5.74) is 5.28. The molecule has 0 bridgehead atoms. The van der Waals surface area contributed by atoms with Gasteiger partial charge in [-0.2, -0.15) is 0 Å². The van der Waals surface area contributed by atoms with E-state index in [2.05, 4.69) is 5.32 Å². The van der Waals surface area contributed by atoms with Crippen molar-refractivity contribution in [3.63, 3.8) is 0 Å². The van der Waals surface area contributed by atoms with E-state index in [0.717, 1.165) is 0 Å². The lowest BCUT2D eigenvalue weighted by Crippen LogP contribution is -2.30. The Morgan fingerprint density at radius 1 is 1.77 bits per heavy atom. The van der Waals surface area contributed by atoms with Crippen LogP contribution in [0.5, 0.6) is 0 Å². The standard InChI is InChI=1S/C8H12N2O3/c1-5(11)4-10-8(12)6-2-3-7(9)13-6/h2-3,5,11H,4,9H2,1H3,(H,10,12). The van der Waals surface area contributed by atoms with Crippen LogP contribution >= 0.6 is 0 Å². The number of anilines is 1. The topological polar surface area (TPSA) is 88.5 Å². The first kappa shape index (κ1) is 9.60. The molecule has 72 valence electrons. The lowest BCUT2D eigenvalue weighted by atomic mass is 10.3. The largest absolute Gasteiger partial charge is 0.436 e. The maximum Gasteiger partial charge on any atom is 0.287 e. The molecule has 1 heterocycles. The van der Waals surface area contributed by atoms with Crippen molar-refractivity contribution in [1.29, 1.82) is 0 Å². The molecule has 5 nitrogen and oxygen atoms in total. The van der Waals surface area contributed by atoms with Gasteiger partial charge in [-0.15, -0.1) is 0 Å². The number of nitrogen functional groups attached to an aromatic ring is 1. The van der Waals surface area contributed by atoms with Crippen LogP contribution in [0.25, 0.3) is 0 Å². The van der Waals surface area contributed by atoms with E-state index in [9.17, 15) is 4.79 Å². The van der Waals surface area contributed by atoms with Crippen molar-refractivity contribution in [2.45, 2.75) is 13.0 Å². The highest BCUT2D eigenvalue weighted by atomic mass is 16.4. The maximum atomic E-state index is 11.2. The van der Waals surface area contributed by atoms with Gasteiger partial charge in [-0.05, 0) is 13.0 Å². The molecule has 1 rings (SSSR count). The lowest BCUT2D eigenvalue weighted by molar-refractivity contribution is 0.0897. The van der Waals surface area contributed by atoms with Gasteiger partial charge in [0.1, 0.15) is 0 Å². The van der Waals surface area contributed by atoms with Gasteiger partial charge in [-0.25, -0.2) is 0 Å². The van der Waals surface area contributed by atoms with Crippen LogP contribution in [-0.2, 0) is 0 Å². The Morgan fingerprint density at radius 3 is 2.92 bits per heavy atom. The molecule has 1 unspecified atom stereocenters. The average molecular weight is 184 g/mol. The Kier molecular flexibility index (Phi) is 2.92. The van der Waals surface area contributed by atoms with Crippen molar-refractivity contribution in [3.05, 3.63) is 17.9 Å². The Balaban J connectivity index is 2.49. The summed E-state index contributed by atoms with van der Waals surface area (Å²) in [7, 11) is 0. The highest BCUT2D eigenvalue weighted by Gasteiger charge is 2.09. The SMILES string of the molecule is CC(O)CNC(=O)c1ccc(N)o1. The van der Waals surface area contributed by atoms with E-state index in [1.54, 1.807) is 6.92 Å². The quantitative estimate of drug-likeness (QED) is 0.615. The van der Waals surface area contributed by atoms with Gasteiger partial charge < -0.3 is 20.6 Å². The first-order chi connectivity index (χ1) is 6.09. The Morgan fingerprint density at radius 2 is 2.46 bits per heavy atom. The van der Waals surface area contributed by atoms with Crippen LogP contribution in [0.15, 0.2) is 16.5 Å². The minimum atomic E-state index is -0.573. The fourth-order valence-electron chi connectivity index (χ4n) is 0.802. The summed E-state index contributed by atoms with van der Waals surface area (Å²) < 4.78 is 4.86. The first-order valence-electron chi connectivity index (χ1n) is 3.91. The van der Waals surface area contributed by atoms with Crippen LogP contribution in [0.4, 0.5) is 5.88 Å². The highest BCUT2D eigenvalue weighted by molar-refractivity contribution is 5.91. The molecular weight excluding hydrogens is 172 g/mol. The number of hydrogen-bond acceptors (Lipinski definition) is 4. The van der Waals surface area contributed by atoms with Gasteiger partial charge in [0.05, 0.1) is 6.10 Å². The predicted molar refractivity (Wildman–Crippen MR) is 47.1 cm³/mol. The third kappa shape index (κ3) is 2.79. The number of aliphatic hydroxyl groups excluding tert-OH is 1. The zero-order chi connectivity index (χ0) is 9.84. The molecule has 13 heavy (non-hydrogen) atoms. The molecule has 0 aliphatic heterocycles. The van der Waals surface area contributed by atoms with Crippen LogP contribution in [0.2, 0.25) is 0 Å². The third-order valence-electron chi connectivity index (χ3n) is 1.41. The van der Waals surface area contributed by atoms with E-state index in [4.69, 9.17) is 15.3 Å². The van der Waals surface area contributed by atoms with Gasteiger partial charge in [-0.3, -0.25) is 4.79 Å². The highest BCUT2D eigenvalue weighted by Crippen LogP contribution is 2.08. The molecule has 0 saturated heterocycles. The summed E-state index contributed by atoms with van der Waals surface area (Å²) in [6.45, 7) is 1.77. The Labute approximate surface area is 75.5 Å². The second-order valence-corrected chi connectivity index (χ2v) is 2.76. The minimum Gasteiger partial charge on any atom is -0.436 e. The molecule has 0 fully saturated rings. The number of aliphatic hydroxyl groups is 1. The maximum absolute atomic E-state index is 11.2. The zero-order valence-corrected chi connectivity index (χ0v) is 7.28. The Bertz CT molecular complexity index is 293. The second-order valence-electron chi connectivity index (χ2n) is 2.76. The van der Waals surface area contributed by atoms with Crippen molar-refractivity contribution in [2.75, 3.05) is 12.3 Å². The van der Waals surface area contributed by atoms with Crippen LogP contribution in [0, 0.1) is 0 Å². The van der Waals surface area contributed by atoms with E-state index in [-0.39, 0.29) is 24.1 Å². The number of carbonyl (C=O) groups excluding carboxylic acids is 1. The minimum absolute atomic E-state index is 0.151. The normalized spacial score (nSPS) is 12.5. The second kappa shape index (κ2) is 3.95. The molecule has 0 aliphatic rings. The molecule has 0 radical (unpaired) electrons. The summed E-state index contributed by atoms with van der Waals surface area (Å²) in [4.78, 5) is 11.2. The summed E-state index contributed by atoms with van der Waals surface area (Å²) in [5, 5.41) is 11.4. The van der Waals surface area contributed by atoms with Crippen LogP contribution in [0.1, 0.15) is 17.5 Å². The lowest BCUT2D eigenvalue weighted by Gasteiger charge is -2.04. The molecule has 0 saturated carbocycles. The molecule has 0 spiro atoms. The van der Waals surface area contributed by atoms with Gasteiger partial charge in [0.2, 0.25) is 0 Å². The molecule has 5 heteroatoms. The zero-order valence-electron chi connectivity index (χ0n) is 7.28. The third-order valence-corrected chi connectivity index (χ3v) is 1.41.